The van der Waals surface area contributed by atoms with Crippen LogP contribution in [0.2, 0.25) is 0 Å². The lowest BCUT2D eigenvalue weighted by molar-refractivity contribution is 0.0140. The van der Waals surface area contributed by atoms with Crippen LogP contribution in [-0.4, -0.2) is 63.5 Å². The summed E-state index contributed by atoms with van der Waals surface area (Å²) in [6, 6.07) is 16.7. The first kappa shape index (κ1) is 28.5. The van der Waals surface area contributed by atoms with Gasteiger partial charge in [0.15, 0.2) is 0 Å². The third-order valence-corrected chi connectivity index (χ3v) is 8.24. The molecule has 3 heterocycles. The van der Waals surface area contributed by atoms with E-state index < -0.39 is 17.5 Å². The number of aromatic nitrogens is 2. The second-order valence-corrected chi connectivity index (χ2v) is 12.5. The van der Waals surface area contributed by atoms with Gasteiger partial charge in [-0.05, 0) is 81.3 Å². The summed E-state index contributed by atoms with van der Waals surface area (Å²) in [5.41, 5.74) is 6.77. The monoisotopic (exact) mass is 597 g/mol. The molecule has 0 atom stereocenters. The third kappa shape index (κ3) is 6.01. The van der Waals surface area contributed by atoms with Gasteiger partial charge in [-0.1, -0.05) is 12.1 Å². The molecule has 0 radical (unpaired) electrons. The number of carbonyl (C=O) groups excluding carboxylic acids is 2. The van der Waals surface area contributed by atoms with Crippen LogP contribution in [0.3, 0.4) is 0 Å². The highest BCUT2D eigenvalue weighted by atomic mass is 32.1. The lowest BCUT2D eigenvalue weighted by atomic mass is 9.97. The molecule has 2 amide bonds. The highest BCUT2D eigenvalue weighted by Crippen LogP contribution is 2.33. The molecule has 8 nitrogen and oxygen atoms in total. The standard InChI is InChI=1S/C33H32FN5O3S/c1-20-15-25(26(34)18-24(20)31(40)38-11-13-39(14-12-38)32(41)42-33(2,3)4)21-5-7-23-27(9-10-35-28(23)16-21)37-22-6-8-30-29(17-22)36-19-43-30/h5-10,15-19H,11-14H2,1-4H3,(H,35,37). The van der Waals surface area contributed by atoms with Crippen molar-refractivity contribution < 1.29 is 18.7 Å². The Hall–Kier alpha value is -4.57. The van der Waals surface area contributed by atoms with Gasteiger partial charge >= 0.3 is 6.09 Å². The van der Waals surface area contributed by atoms with Crippen LogP contribution in [-0.2, 0) is 4.74 Å². The van der Waals surface area contributed by atoms with E-state index in [0.29, 0.717) is 48.4 Å². The number of aryl methyl sites for hydroxylation is 1. The van der Waals surface area contributed by atoms with Crippen molar-refractivity contribution in [1.29, 1.82) is 0 Å². The molecule has 6 rings (SSSR count). The van der Waals surface area contributed by atoms with Gasteiger partial charge in [-0.3, -0.25) is 9.78 Å². The van der Waals surface area contributed by atoms with Gasteiger partial charge in [0, 0.05) is 60.3 Å². The fraction of sp³-hybridized carbons (Fsp3) is 0.273. The summed E-state index contributed by atoms with van der Waals surface area (Å²) in [7, 11) is 0. The van der Waals surface area contributed by atoms with Crippen molar-refractivity contribution in [2.45, 2.75) is 33.3 Å². The third-order valence-electron chi connectivity index (χ3n) is 7.43. The maximum absolute atomic E-state index is 15.6. The number of ether oxygens (including phenoxy) is 1. The van der Waals surface area contributed by atoms with Crippen LogP contribution in [0, 0.1) is 12.7 Å². The zero-order valence-corrected chi connectivity index (χ0v) is 25.3. The molecule has 1 fully saturated rings. The first-order valence-corrected chi connectivity index (χ1v) is 15.0. The largest absolute Gasteiger partial charge is 0.444 e. The lowest BCUT2D eigenvalue weighted by Crippen LogP contribution is -2.51. The fourth-order valence-corrected chi connectivity index (χ4v) is 5.90. The van der Waals surface area contributed by atoms with E-state index in [-0.39, 0.29) is 5.91 Å². The summed E-state index contributed by atoms with van der Waals surface area (Å²) in [5, 5.41) is 4.36. The van der Waals surface area contributed by atoms with E-state index in [4.69, 9.17) is 4.74 Å². The second-order valence-electron chi connectivity index (χ2n) is 11.7. The molecule has 1 N–H and O–H groups in total. The number of benzene rings is 3. The van der Waals surface area contributed by atoms with Gasteiger partial charge in [0.1, 0.15) is 11.4 Å². The smallest absolute Gasteiger partial charge is 0.410 e. The Morgan fingerprint density at radius 3 is 2.47 bits per heavy atom. The Balaban J connectivity index is 1.19. The number of hydrogen-bond donors (Lipinski definition) is 1. The summed E-state index contributed by atoms with van der Waals surface area (Å²) < 4.78 is 22.1. The summed E-state index contributed by atoms with van der Waals surface area (Å²) in [4.78, 5) is 37.9. The number of carbonyl (C=O) groups is 2. The van der Waals surface area contributed by atoms with Crippen LogP contribution >= 0.6 is 11.3 Å². The Kier molecular flexibility index (Phi) is 7.47. The summed E-state index contributed by atoms with van der Waals surface area (Å²) >= 11 is 1.60. The van der Waals surface area contributed by atoms with Gasteiger partial charge in [-0.15, -0.1) is 11.3 Å². The molecule has 0 spiro atoms. The minimum Gasteiger partial charge on any atom is -0.444 e. The van der Waals surface area contributed by atoms with E-state index in [2.05, 4.69) is 15.3 Å². The number of hydrogen-bond acceptors (Lipinski definition) is 7. The van der Waals surface area contributed by atoms with E-state index >= 15 is 4.39 Å². The quantitative estimate of drug-likeness (QED) is 0.232. The molecule has 1 aliphatic heterocycles. The number of rotatable bonds is 4. The molecule has 220 valence electrons. The predicted octanol–water partition coefficient (Wildman–Crippen LogP) is 7.40. The summed E-state index contributed by atoms with van der Waals surface area (Å²) in [6.07, 6.45) is 1.33. The van der Waals surface area contributed by atoms with Crippen LogP contribution in [0.25, 0.3) is 32.2 Å². The Labute approximate surface area is 253 Å². The van der Waals surface area contributed by atoms with Gasteiger partial charge in [-0.25, -0.2) is 14.2 Å². The van der Waals surface area contributed by atoms with Crippen LogP contribution in [0.5, 0.6) is 0 Å². The number of pyridine rings is 1. The highest BCUT2D eigenvalue weighted by molar-refractivity contribution is 7.16. The van der Waals surface area contributed by atoms with E-state index in [1.807, 2.05) is 75.7 Å². The SMILES string of the molecule is Cc1cc(-c2ccc3c(Nc4ccc5scnc5c4)ccnc3c2)c(F)cc1C(=O)N1CCN(C(=O)OC(C)(C)C)CC1. The van der Waals surface area contributed by atoms with Crippen molar-refractivity contribution in [2.75, 3.05) is 31.5 Å². The summed E-state index contributed by atoms with van der Waals surface area (Å²) in [5.74, 6) is -0.731. The van der Waals surface area contributed by atoms with Gasteiger partial charge < -0.3 is 19.9 Å². The molecule has 0 unspecified atom stereocenters. The number of nitrogens with one attached hydrogen (secondary N) is 1. The van der Waals surface area contributed by atoms with E-state index in [0.717, 1.165) is 32.5 Å². The predicted molar refractivity (Wildman–Crippen MR) is 168 cm³/mol. The van der Waals surface area contributed by atoms with E-state index in [9.17, 15) is 9.59 Å². The van der Waals surface area contributed by atoms with Gasteiger partial charge in [0.05, 0.1) is 21.2 Å². The Bertz CT molecular complexity index is 1860. The van der Waals surface area contributed by atoms with E-state index in [1.54, 1.807) is 33.4 Å². The molecular formula is C33H32FN5O3S. The number of anilines is 2. The molecule has 1 aliphatic rings. The number of fused-ring (bicyclic) bond motifs is 2. The molecule has 3 aromatic carbocycles. The molecule has 43 heavy (non-hydrogen) atoms. The number of nitrogens with zero attached hydrogens (tertiary/aromatic N) is 4. The first-order valence-electron chi connectivity index (χ1n) is 14.1. The fourth-order valence-electron chi connectivity index (χ4n) is 5.24. The average molecular weight is 598 g/mol. The van der Waals surface area contributed by atoms with Crippen molar-refractivity contribution in [3.05, 3.63) is 83.2 Å². The molecule has 0 bridgehead atoms. The average Bonchev–Trinajstić information content (AvgIpc) is 3.45. The number of amides is 2. The van der Waals surface area contributed by atoms with Crippen LogP contribution < -0.4 is 5.32 Å². The Morgan fingerprint density at radius 2 is 1.70 bits per heavy atom. The van der Waals surface area contributed by atoms with Crippen LogP contribution in [0.1, 0.15) is 36.7 Å². The molecule has 10 heteroatoms. The number of halogens is 1. The number of thiazole rings is 1. The molecular weight excluding hydrogens is 565 g/mol. The molecule has 0 saturated carbocycles. The van der Waals surface area contributed by atoms with Gasteiger partial charge in [0.2, 0.25) is 0 Å². The minimum atomic E-state index is -0.585. The number of piperazine rings is 1. The first-order chi connectivity index (χ1) is 20.6. The molecule has 1 saturated heterocycles. The summed E-state index contributed by atoms with van der Waals surface area (Å²) in [6.45, 7) is 8.70. The zero-order chi connectivity index (χ0) is 30.3. The minimum absolute atomic E-state index is 0.251. The maximum Gasteiger partial charge on any atom is 0.410 e. The van der Waals surface area contributed by atoms with E-state index in [1.165, 1.54) is 6.07 Å². The van der Waals surface area contributed by atoms with Crippen molar-refractivity contribution in [1.82, 2.24) is 19.8 Å². The van der Waals surface area contributed by atoms with Gasteiger partial charge in [0.25, 0.3) is 5.91 Å². The molecule has 5 aromatic rings. The highest BCUT2D eigenvalue weighted by Gasteiger charge is 2.29. The maximum atomic E-state index is 15.6. The topological polar surface area (TPSA) is 87.7 Å². The Morgan fingerprint density at radius 1 is 0.930 bits per heavy atom. The van der Waals surface area contributed by atoms with Crippen molar-refractivity contribution in [3.63, 3.8) is 0 Å². The zero-order valence-electron chi connectivity index (χ0n) is 24.5. The van der Waals surface area contributed by atoms with Crippen LogP contribution in [0.4, 0.5) is 20.6 Å². The molecule has 0 aliphatic carbocycles. The van der Waals surface area contributed by atoms with Crippen molar-refractivity contribution >= 4 is 55.8 Å². The molecule has 2 aromatic heterocycles. The lowest BCUT2D eigenvalue weighted by Gasteiger charge is -2.35. The second kappa shape index (κ2) is 11.3. The van der Waals surface area contributed by atoms with Gasteiger partial charge in [-0.2, -0.15) is 0 Å². The van der Waals surface area contributed by atoms with Crippen molar-refractivity contribution in [3.8, 4) is 11.1 Å². The van der Waals surface area contributed by atoms with Crippen LogP contribution in [0.15, 0.2) is 66.3 Å². The normalized spacial score (nSPS) is 13.9. The van der Waals surface area contributed by atoms with Crippen molar-refractivity contribution in [2.24, 2.45) is 0 Å².